The van der Waals surface area contributed by atoms with Crippen molar-refractivity contribution in [1.29, 1.82) is 0 Å². The van der Waals surface area contributed by atoms with Crippen LogP contribution in [0.5, 0.6) is 11.5 Å². The highest BCUT2D eigenvalue weighted by atomic mass is 79.9. The Bertz CT molecular complexity index is 544. The monoisotopic (exact) mass is 344 g/mol. The van der Waals surface area contributed by atoms with Gasteiger partial charge in [-0.15, -0.1) is 0 Å². The third kappa shape index (κ3) is 3.88. The zero-order valence-corrected chi connectivity index (χ0v) is 13.8. The summed E-state index contributed by atoms with van der Waals surface area (Å²) in [5.74, 6) is 2.56. The molecule has 2 heteroatoms. The molecule has 0 heterocycles. The van der Waals surface area contributed by atoms with E-state index in [2.05, 4.69) is 40.2 Å². The maximum Gasteiger partial charge on any atom is 0.127 e. The Morgan fingerprint density at radius 2 is 1.43 bits per heavy atom. The molecule has 0 saturated heterocycles. The highest BCUT2D eigenvalue weighted by molar-refractivity contribution is 9.09. The first-order valence-electron chi connectivity index (χ1n) is 7.80. The van der Waals surface area contributed by atoms with E-state index in [4.69, 9.17) is 4.74 Å². The number of para-hydroxylation sites is 1. The zero-order valence-electron chi connectivity index (χ0n) is 12.2. The maximum absolute atomic E-state index is 5.84. The average molecular weight is 345 g/mol. The molecule has 0 spiro atoms. The van der Waals surface area contributed by atoms with Gasteiger partial charge in [-0.3, -0.25) is 0 Å². The quantitative estimate of drug-likeness (QED) is 0.575. The minimum absolute atomic E-state index is 0.476. The molecule has 2 aromatic carbocycles. The fraction of sp³-hybridized carbons (Fsp3) is 0.368. The molecule has 110 valence electrons. The minimum Gasteiger partial charge on any atom is -0.457 e. The molecule has 2 aromatic rings. The molecule has 1 aliphatic rings. The Labute approximate surface area is 135 Å². The predicted octanol–water partition coefficient (Wildman–Crippen LogP) is 6.50. The van der Waals surface area contributed by atoms with Crippen LogP contribution < -0.4 is 4.74 Å². The van der Waals surface area contributed by atoms with Crippen LogP contribution in [0.3, 0.4) is 0 Å². The van der Waals surface area contributed by atoms with Gasteiger partial charge in [0.15, 0.2) is 0 Å². The number of alkyl halides is 1. The predicted molar refractivity (Wildman–Crippen MR) is 91.2 cm³/mol. The molecule has 1 nitrogen and oxygen atoms in total. The summed E-state index contributed by atoms with van der Waals surface area (Å²) in [6, 6.07) is 18.4. The fourth-order valence-corrected chi connectivity index (χ4v) is 3.88. The standard InChI is InChI=1S/C19H21BrO/c20-19(15-7-3-1-4-8-15)16-11-13-18(14-12-16)21-17-9-5-2-6-10-17/h2,5-6,9-15,19H,1,3-4,7-8H2. The van der Waals surface area contributed by atoms with Crippen LogP contribution in [0.2, 0.25) is 0 Å². The highest BCUT2D eigenvalue weighted by Crippen LogP contribution is 2.40. The van der Waals surface area contributed by atoms with E-state index in [0.717, 1.165) is 17.4 Å². The Hall–Kier alpha value is -1.28. The van der Waals surface area contributed by atoms with E-state index in [-0.39, 0.29) is 0 Å². The number of hydrogen-bond acceptors (Lipinski definition) is 1. The van der Waals surface area contributed by atoms with E-state index in [1.807, 2.05) is 30.3 Å². The highest BCUT2D eigenvalue weighted by Gasteiger charge is 2.22. The second-order valence-electron chi connectivity index (χ2n) is 5.78. The largest absolute Gasteiger partial charge is 0.457 e. The number of benzene rings is 2. The normalized spacial score (nSPS) is 17.4. The summed E-state index contributed by atoms with van der Waals surface area (Å²) in [6.07, 6.45) is 6.85. The Morgan fingerprint density at radius 1 is 0.810 bits per heavy atom. The van der Waals surface area contributed by atoms with E-state index in [1.54, 1.807) is 0 Å². The molecule has 3 rings (SSSR count). The van der Waals surface area contributed by atoms with Crippen LogP contribution in [-0.2, 0) is 0 Å². The summed E-state index contributed by atoms with van der Waals surface area (Å²) < 4.78 is 5.84. The Morgan fingerprint density at radius 3 is 2.10 bits per heavy atom. The summed E-state index contributed by atoms with van der Waals surface area (Å²) >= 11 is 3.90. The molecule has 1 atom stereocenters. The van der Waals surface area contributed by atoms with E-state index in [9.17, 15) is 0 Å². The first kappa shape index (κ1) is 14.6. The van der Waals surface area contributed by atoms with Crippen LogP contribution in [0.4, 0.5) is 0 Å². The van der Waals surface area contributed by atoms with Crippen molar-refractivity contribution in [1.82, 2.24) is 0 Å². The Kier molecular flexibility index (Phi) is 4.97. The first-order chi connectivity index (χ1) is 10.3. The number of rotatable bonds is 4. The lowest BCUT2D eigenvalue weighted by Crippen LogP contribution is -2.11. The van der Waals surface area contributed by atoms with Crippen molar-refractivity contribution >= 4 is 15.9 Å². The summed E-state index contributed by atoms with van der Waals surface area (Å²) in [5, 5.41) is 0. The lowest BCUT2D eigenvalue weighted by Gasteiger charge is -2.26. The van der Waals surface area contributed by atoms with Gasteiger partial charge in [0.2, 0.25) is 0 Å². The second kappa shape index (κ2) is 7.13. The van der Waals surface area contributed by atoms with Crippen molar-refractivity contribution in [3.63, 3.8) is 0 Å². The molecule has 1 unspecified atom stereocenters. The van der Waals surface area contributed by atoms with Gasteiger partial charge in [0.25, 0.3) is 0 Å². The van der Waals surface area contributed by atoms with Crippen LogP contribution in [0.1, 0.15) is 42.5 Å². The molecular formula is C19H21BrO. The van der Waals surface area contributed by atoms with E-state index >= 15 is 0 Å². The molecular weight excluding hydrogens is 324 g/mol. The minimum atomic E-state index is 0.476. The number of halogens is 1. The third-order valence-corrected chi connectivity index (χ3v) is 5.52. The third-order valence-electron chi connectivity index (χ3n) is 4.24. The van der Waals surface area contributed by atoms with Crippen LogP contribution in [0.15, 0.2) is 54.6 Å². The van der Waals surface area contributed by atoms with Gasteiger partial charge in [0, 0.05) is 4.83 Å². The van der Waals surface area contributed by atoms with Crippen LogP contribution in [0.25, 0.3) is 0 Å². The van der Waals surface area contributed by atoms with Crippen molar-refractivity contribution in [2.75, 3.05) is 0 Å². The van der Waals surface area contributed by atoms with Crippen LogP contribution in [0, 0.1) is 5.92 Å². The first-order valence-corrected chi connectivity index (χ1v) is 8.71. The van der Waals surface area contributed by atoms with Gasteiger partial charge in [0.1, 0.15) is 11.5 Å². The van der Waals surface area contributed by atoms with Gasteiger partial charge < -0.3 is 4.74 Å². The van der Waals surface area contributed by atoms with E-state index in [0.29, 0.717) is 4.83 Å². The molecule has 1 saturated carbocycles. The van der Waals surface area contributed by atoms with Gasteiger partial charge in [-0.25, -0.2) is 0 Å². The van der Waals surface area contributed by atoms with E-state index in [1.165, 1.54) is 37.7 Å². The van der Waals surface area contributed by atoms with Crippen molar-refractivity contribution in [3.05, 3.63) is 60.2 Å². The van der Waals surface area contributed by atoms with E-state index < -0.39 is 0 Å². The molecule has 0 N–H and O–H groups in total. The van der Waals surface area contributed by atoms with Crippen LogP contribution >= 0.6 is 15.9 Å². The van der Waals surface area contributed by atoms with Crippen molar-refractivity contribution in [2.45, 2.75) is 36.9 Å². The molecule has 0 aromatic heterocycles. The molecule has 0 aliphatic heterocycles. The molecule has 0 radical (unpaired) electrons. The van der Waals surface area contributed by atoms with Gasteiger partial charge in [-0.1, -0.05) is 65.5 Å². The molecule has 0 bridgehead atoms. The fourth-order valence-electron chi connectivity index (χ4n) is 3.04. The topological polar surface area (TPSA) is 9.23 Å². The molecule has 1 fully saturated rings. The lowest BCUT2D eigenvalue weighted by atomic mass is 9.85. The van der Waals surface area contributed by atoms with Gasteiger partial charge in [-0.05, 0) is 48.6 Å². The number of hydrogen-bond donors (Lipinski definition) is 0. The maximum atomic E-state index is 5.84. The molecule has 1 aliphatic carbocycles. The lowest BCUT2D eigenvalue weighted by molar-refractivity contribution is 0.354. The summed E-state index contributed by atoms with van der Waals surface area (Å²) in [4.78, 5) is 0.476. The van der Waals surface area contributed by atoms with Crippen molar-refractivity contribution in [3.8, 4) is 11.5 Å². The SMILES string of the molecule is BrC(c1ccc(Oc2ccccc2)cc1)C1CCCCC1. The van der Waals surface area contributed by atoms with Crippen molar-refractivity contribution in [2.24, 2.45) is 5.92 Å². The van der Waals surface area contributed by atoms with Crippen LogP contribution in [-0.4, -0.2) is 0 Å². The second-order valence-corrected chi connectivity index (χ2v) is 6.77. The molecule has 21 heavy (non-hydrogen) atoms. The summed E-state index contributed by atoms with van der Waals surface area (Å²) in [7, 11) is 0. The zero-order chi connectivity index (χ0) is 14.5. The smallest absolute Gasteiger partial charge is 0.127 e. The van der Waals surface area contributed by atoms with Gasteiger partial charge in [-0.2, -0.15) is 0 Å². The number of ether oxygens (including phenoxy) is 1. The molecule has 0 amide bonds. The van der Waals surface area contributed by atoms with Crippen molar-refractivity contribution < 1.29 is 4.74 Å². The average Bonchev–Trinajstić information content (AvgIpc) is 2.57. The van der Waals surface area contributed by atoms with Gasteiger partial charge >= 0.3 is 0 Å². The summed E-state index contributed by atoms with van der Waals surface area (Å²) in [6.45, 7) is 0. The van der Waals surface area contributed by atoms with Gasteiger partial charge in [0.05, 0.1) is 0 Å². The summed E-state index contributed by atoms with van der Waals surface area (Å²) in [5.41, 5.74) is 1.36. The Balaban J connectivity index is 1.66.